The van der Waals surface area contributed by atoms with E-state index in [4.69, 9.17) is 3.76 Å². The number of allylic oxidation sites excluding steroid dienone is 2. The van der Waals surface area contributed by atoms with Crippen LogP contribution >= 0.6 is 0 Å². The van der Waals surface area contributed by atoms with Crippen LogP contribution in [0.25, 0.3) is 0 Å². The fourth-order valence-corrected chi connectivity index (χ4v) is 24.0. The van der Waals surface area contributed by atoms with E-state index in [2.05, 4.69) is 59.2 Å². The summed E-state index contributed by atoms with van der Waals surface area (Å²) in [7, 11) is -1.91. The molecule has 0 aliphatic carbocycles. The van der Waals surface area contributed by atoms with Gasteiger partial charge in [-0.25, -0.2) is 0 Å². The van der Waals surface area contributed by atoms with Crippen molar-refractivity contribution >= 4 is 30.8 Å². The summed E-state index contributed by atoms with van der Waals surface area (Å²) in [5.41, 5.74) is 0. The molecule has 16 heavy (non-hydrogen) atoms. The fourth-order valence-electron chi connectivity index (χ4n) is 1.60. The van der Waals surface area contributed by atoms with Crippen LogP contribution in [0.15, 0.2) is 11.8 Å². The van der Waals surface area contributed by atoms with Gasteiger partial charge in [-0.05, 0) is 0 Å². The van der Waals surface area contributed by atoms with Crippen molar-refractivity contribution in [1.82, 2.24) is 0 Å². The molecule has 0 aliphatic rings. The van der Waals surface area contributed by atoms with Crippen molar-refractivity contribution in [3.8, 4) is 0 Å². The predicted molar refractivity (Wildman–Crippen MR) is 82.6 cm³/mol. The second-order valence-corrected chi connectivity index (χ2v) is 25.1. The molecular weight excluding hydrogens is 289 g/mol. The molecular formula is C12H29GeOSi2. The van der Waals surface area contributed by atoms with Crippen molar-refractivity contribution in [3.63, 3.8) is 0 Å². The predicted octanol–water partition coefficient (Wildman–Crippen LogP) is 4.67. The first-order valence-electron chi connectivity index (χ1n) is 6.19. The minimum atomic E-state index is -1.30. The standard InChI is InChI=1S/C12H29GeOSi2/c1-9-12(2)14-13(10-15(3,4)5)11-16(6,7)8/h9H,10-11H2,1-8H3/b12-9+. The van der Waals surface area contributed by atoms with Gasteiger partial charge in [-0.2, -0.15) is 0 Å². The average Bonchev–Trinajstić information content (AvgIpc) is 1.97. The Kier molecular flexibility index (Phi) is 6.66. The van der Waals surface area contributed by atoms with Crippen LogP contribution in [0.3, 0.4) is 0 Å². The van der Waals surface area contributed by atoms with Gasteiger partial charge in [-0.3, -0.25) is 0 Å². The van der Waals surface area contributed by atoms with Crippen molar-refractivity contribution in [3.05, 3.63) is 11.8 Å². The second-order valence-electron chi connectivity index (χ2n) is 7.01. The Labute approximate surface area is 109 Å². The van der Waals surface area contributed by atoms with Gasteiger partial charge in [0.2, 0.25) is 0 Å². The molecule has 0 atom stereocenters. The summed E-state index contributed by atoms with van der Waals surface area (Å²) in [6.07, 6.45) is 2.11. The third-order valence-electron chi connectivity index (χ3n) is 2.17. The van der Waals surface area contributed by atoms with Crippen LogP contribution in [-0.4, -0.2) is 30.8 Å². The van der Waals surface area contributed by atoms with Crippen LogP contribution in [0.5, 0.6) is 0 Å². The quantitative estimate of drug-likeness (QED) is 0.511. The van der Waals surface area contributed by atoms with E-state index < -0.39 is 30.8 Å². The van der Waals surface area contributed by atoms with Crippen molar-refractivity contribution in [2.45, 2.75) is 62.9 Å². The normalized spacial score (nSPS) is 14.4. The average molecular weight is 318 g/mol. The second kappa shape index (κ2) is 6.45. The third kappa shape index (κ3) is 9.72. The molecule has 0 N–H and O–H groups in total. The zero-order valence-corrected chi connectivity index (χ0v) is 16.5. The van der Waals surface area contributed by atoms with E-state index in [0.717, 1.165) is 5.76 Å². The summed E-state index contributed by atoms with van der Waals surface area (Å²) in [6, 6.07) is 0. The molecule has 0 unspecified atom stereocenters. The molecule has 0 amide bonds. The molecule has 0 spiro atoms. The Bertz CT molecular complexity index is 222. The molecule has 1 radical (unpaired) electrons. The third-order valence-corrected chi connectivity index (χ3v) is 24.7. The summed E-state index contributed by atoms with van der Waals surface area (Å²) < 4.78 is 6.25. The first-order chi connectivity index (χ1) is 7.03. The first-order valence-corrected chi connectivity index (χ1v) is 17.4. The van der Waals surface area contributed by atoms with Crippen LogP contribution in [0, 0.1) is 0 Å². The van der Waals surface area contributed by atoms with Crippen molar-refractivity contribution < 1.29 is 3.76 Å². The van der Waals surface area contributed by atoms with Gasteiger partial charge in [0.15, 0.2) is 0 Å². The SMILES string of the molecule is C/C=C(\C)[O][Ge]([CH2][Si](C)(C)C)[CH2][Si](C)(C)C. The molecule has 0 saturated carbocycles. The van der Waals surface area contributed by atoms with Gasteiger partial charge in [0, 0.05) is 0 Å². The minimum absolute atomic E-state index is 0.956. The van der Waals surface area contributed by atoms with Gasteiger partial charge in [-0.1, -0.05) is 0 Å². The van der Waals surface area contributed by atoms with Gasteiger partial charge in [0.1, 0.15) is 0 Å². The van der Waals surface area contributed by atoms with Gasteiger partial charge < -0.3 is 0 Å². The van der Waals surface area contributed by atoms with E-state index in [0.29, 0.717) is 0 Å². The van der Waals surface area contributed by atoms with Crippen molar-refractivity contribution in [2.75, 3.05) is 0 Å². The molecule has 0 bridgehead atoms. The Balaban J connectivity index is 4.52. The first kappa shape index (κ1) is 16.5. The summed E-state index contributed by atoms with van der Waals surface area (Å²) in [5.74, 6) is 1.16. The number of hydrogen-bond donors (Lipinski definition) is 0. The molecule has 1 nitrogen and oxygen atoms in total. The van der Waals surface area contributed by atoms with Crippen LogP contribution in [-0.2, 0) is 3.76 Å². The van der Waals surface area contributed by atoms with Crippen molar-refractivity contribution in [2.24, 2.45) is 0 Å². The molecule has 0 heterocycles. The van der Waals surface area contributed by atoms with E-state index in [9.17, 15) is 0 Å². The molecule has 0 fully saturated rings. The van der Waals surface area contributed by atoms with Gasteiger partial charge in [0.05, 0.1) is 0 Å². The van der Waals surface area contributed by atoms with Gasteiger partial charge in [-0.15, -0.1) is 0 Å². The Morgan fingerprint density at radius 2 is 1.38 bits per heavy atom. The Morgan fingerprint density at radius 1 is 1.00 bits per heavy atom. The van der Waals surface area contributed by atoms with Gasteiger partial charge in [0.25, 0.3) is 0 Å². The zero-order valence-electron chi connectivity index (χ0n) is 12.4. The van der Waals surface area contributed by atoms with Crippen LogP contribution in [0.4, 0.5) is 0 Å². The molecule has 0 aliphatic heterocycles. The Hall–Kier alpha value is 0.517. The maximum absolute atomic E-state index is 6.25. The number of hydrogen-bond acceptors (Lipinski definition) is 1. The van der Waals surface area contributed by atoms with Crippen LogP contribution in [0.2, 0.25) is 49.0 Å². The zero-order chi connectivity index (χ0) is 13.0. The van der Waals surface area contributed by atoms with E-state index in [1.807, 2.05) is 0 Å². The van der Waals surface area contributed by atoms with E-state index >= 15 is 0 Å². The summed E-state index contributed by atoms with van der Waals surface area (Å²) in [4.78, 5) is 2.89. The monoisotopic (exact) mass is 319 g/mol. The van der Waals surface area contributed by atoms with Crippen LogP contribution in [0.1, 0.15) is 13.8 Å². The molecule has 0 aromatic heterocycles. The molecule has 0 saturated heterocycles. The van der Waals surface area contributed by atoms with Crippen molar-refractivity contribution in [1.29, 1.82) is 0 Å². The molecule has 0 aromatic rings. The van der Waals surface area contributed by atoms with E-state index in [1.54, 1.807) is 0 Å². The molecule has 4 heteroatoms. The molecule has 0 rings (SSSR count). The van der Waals surface area contributed by atoms with Crippen LogP contribution < -0.4 is 0 Å². The summed E-state index contributed by atoms with van der Waals surface area (Å²) in [6.45, 7) is 19.0. The number of rotatable bonds is 6. The fraction of sp³-hybridized carbons (Fsp3) is 0.833. The van der Waals surface area contributed by atoms with E-state index in [-0.39, 0.29) is 0 Å². The van der Waals surface area contributed by atoms with Gasteiger partial charge >= 0.3 is 109 Å². The summed E-state index contributed by atoms with van der Waals surface area (Å²) in [5, 5.41) is 0. The molecule has 95 valence electrons. The Morgan fingerprint density at radius 3 is 1.62 bits per heavy atom. The molecule has 0 aromatic carbocycles. The summed E-state index contributed by atoms with van der Waals surface area (Å²) >= 11 is -1.30. The maximum atomic E-state index is 6.25. The van der Waals surface area contributed by atoms with E-state index in [1.165, 1.54) is 9.75 Å². The topological polar surface area (TPSA) is 9.23 Å².